The molecule has 0 unspecified atom stereocenters. The number of para-hydroxylation sites is 1. The van der Waals surface area contributed by atoms with Crippen LogP contribution < -0.4 is 5.73 Å². The minimum Gasteiger partial charge on any atom is -0.399 e. The normalized spacial score (nSPS) is 18.5. The SMILES string of the molecule is Cc1cc(N)cc([C@H]2CN(Cc3ccc4ccccc4n3)CCO2)n1. The third kappa shape index (κ3) is 3.62. The first-order valence-electron chi connectivity index (χ1n) is 8.60. The Kier molecular flexibility index (Phi) is 4.34. The van der Waals surface area contributed by atoms with E-state index in [1.807, 2.05) is 31.2 Å². The fourth-order valence-electron chi connectivity index (χ4n) is 3.34. The van der Waals surface area contributed by atoms with Gasteiger partial charge in [-0.05, 0) is 31.2 Å². The smallest absolute Gasteiger partial charge is 0.112 e. The van der Waals surface area contributed by atoms with Crippen molar-refractivity contribution in [3.05, 3.63) is 65.6 Å². The molecule has 0 spiro atoms. The molecule has 128 valence electrons. The van der Waals surface area contributed by atoms with Gasteiger partial charge in [-0.15, -0.1) is 0 Å². The number of hydrogen-bond acceptors (Lipinski definition) is 5. The van der Waals surface area contributed by atoms with Crippen molar-refractivity contribution in [1.82, 2.24) is 14.9 Å². The van der Waals surface area contributed by atoms with Gasteiger partial charge in [0.1, 0.15) is 6.10 Å². The second-order valence-electron chi connectivity index (χ2n) is 6.56. The summed E-state index contributed by atoms with van der Waals surface area (Å²) in [5, 5.41) is 1.17. The maximum Gasteiger partial charge on any atom is 0.112 e. The summed E-state index contributed by atoms with van der Waals surface area (Å²) in [4.78, 5) is 11.7. The highest BCUT2D eigenvalue weighted by molar-refractivity contribution is 5.78. The predicted octanol–water partition coefficient (Wildman–Crippen LogP) is 3.09. The lowest BCUT2D eigenvalue weighted by molar-refractivity contribution is -0.0353. The quantitative estimate of drug-likeness (QED) is 0.797. The molecule has 1 saturated heterocycles. The van der Waals surface area contributed by atoms with E-state index >= 15 is 0 Å². The van der Waals surface area contributed by atoms with E-state index in [1.54, 1.807) is 0 Å². The van der Waals surface area contributed by atoms with Crippen LogP contribution in [0.4, 0.5) is 5.69 Å². The van der Waals surface area contributed by atoms with E-state index in [9.17, 15) is 0 Å². The molecule has 25 heavy (non-hydrogen) atoms. The number of hydrogen-bond donors (Lipinski definition) is 1. The number of nitrogens with zero attached hydrogens (tertiary/aromatic N) is 3. The van der Waals surface area contributed by atoms with Gasteiger partial charge in [-0.25, -0.2) is 0 Å². The van der Waals surface area contributed by atoms with E-state index in [0.717, 1.165) is 47.9 Å². The summed E-state index contributed by atoms with van der Waals surface area (Å²) in [5.41, 5.74) is 10.6. The highest BCUT2D eigenvalue weighted by Crippen LogP contribution is 2.24. The van der Waals surface area contributed by atoms with E-state index in [2.05, 4.69) is 34.1 Å². The number of nitrogens with two attached hydrogens (primary N) is 1. The van der Waals surface area contributed by atoms with Gasteiger partial charge in [-0.1, -0.05) is 24.3 Å². The van der Waals surface area contributed by atoms with Crippen LogP contribution in [0.2, 0.25) is 0 Å². The molecule has 2 aromatic heterocycles. The molecule has 1 fully saturated rings. The van der Waals surface area contributed by atoms with Gasteiger partial charge in [0.15, 0.2) is 0 Å². The van der Waals surface area contributed by atoms with Crippen LogP contribution in [0.3, 0.4) is 0 Å². The summed E-state index contributed by atoms with van der Waals surface area (Å²) in [7, 11) is 0. The van der Waals surface area contributed by atoms with Crippen LogP contribution in [-0.4, -0.2) is 34.6 Å². The molecule has 4 rings (SSSR count). The minimum atomic E-state index is -0.0450. The van der Waals surface area contributed by atoms with Gasteiger partial charge in [0.05, 0.1) is 23.5 Å². The highest BCUT2D eigenvalue weighted by atomic mass is 16.5. The summed E-state index contributed by atoms with van der Waals surface area (Å²) < 4.78 is 5.93. The van der Waals surface area contributed by atoms with Gasteiger partial charge < -0.3 is 10.5 Å². The van der Waals surface area contributed by atoms with Crippen molar-refractivity contribution in [1.29, 1.82) is 0 Å². The van der Waals surface area contributed by atoms with E-state index in [4.69, 9.17) is 15.5 Å². The van der Waals surface area contributed by atoms with Crippen LogP contribution in [-0.2, 0) is 11.3 Å². The van der Waals surface area contributed by atoms with Crippen molar-refractivity contribution in [2.75, 3.05) is 25.4 Å². The topological polar surface area (TPSA) is 64.3 Å². The molecular formula is C20H22N4O. The Hall–Kier alpha value is -2.50. The summed E-state index contributed by atoms with van der Waals surface area (Å²) >= 11 is 0. The monoisotopic (exact) mass is 334 g/mol. The molecule has 0 bridgehead atoms. The average molecular weight is 334 g/mol. The van der Waals surface area contributed by atoms with Crippen LogP contribution in [0, 0.1) is 6.92 Å². The maximum absolute atomic E-state index is 5.96. The molecular weight excluding hydrogens is 312 g/mol. The van der Waals surface area contributed by atoms with Crippen LogP contribution in [0.25, 0.3) is 10.9 Å². The fourth-order valence-corrected chi connectivity index (χ4v) is 3.34. The molecule has 1 aliphatic heterocycles. The van der Waals surface area contributed by atoms with Crippen molar-refractivity contribution in [3.63, 3.8) is 0 Å². The second-order valence-corrected chi connectivity index (χ2v) is 6.56. The van der Waals surface area contributed by atoms with Crippen molar-refractivity contribution in [3.8, 4) is 0 Å². The lowest BCUT2D eigenvalue weighted by Gasteiger charge is -2.32. The first-order chi connectivity index (χ1) is 12.2. The van der Waals surface area contributed by atoms with Crippen molar-refractivity contribution in [2.24, 2.45) is 0 Å². The molecule has 2 N–H and O–H groups in total. The Morgan fingerprint density at radius 2 is 2.04 bits per heavy atom. The van der Waals surface area contributed by atoms with Gasteiger partial charge >= 0.3 is 0 Å². The van der Waals surface area contributed by atoms with Crippen LogP contribution in [0.5, 0.6) is 0 Å². The van der Waals surface area contributed by atoms with E-state index in [1.165, 1.54) is 5.39 Å². The predicted molar refractivity (Wildman–Crippen MR) is 99.1 cm³/mol. The van der Waals surface area contributed by atoms with E-state index < -0.39 is 0 Å². The summed E-state index contributed by atoms with van der Waals surface area (Å²) in [5.74, 6) is 0. The Morgan fingerprint density at radius 1 is 1.16 bits per heavy atom. The van der Waals surface area contributed by atoms with E-state index in [-0.39, 0.29) is 6.10 Å². The van der Waals surface area contributed by atoms with Crippen LogP contribution >= 0.6 is 0 Å². The Bertz CT molecular complexity index is 876. The average Bonchev–Trinajstić information content (AvgIpc) is 2.61. The number of ether oxygens (including phenoxy) is 1. The molecule has 0 radical (unpaired) electrons. The third-order valence-electron chi connectivity index (χ3n) is 4.52. The zero-order valence-electron chi connectivity index (χ0n) is 14.4. The number of benzene rings is 1. The molecule has 5 heteroatoms. The molecule has 5 nitrogen and oxygen atoms in total. The zero-order valence-corrected chi connectivity index (χ0v) is 14.4. The largest absolute Gasteiger partial charge is 0.399 e. The number of rotatable bonds is 3. The maximum atomic E-state index is 5.96. The fraction of sp³-hybridized carbons (Fsp3) is 0.300. The van der Waals surface area contributed by atoms with Gasteiger partial charge in [-0.2, -0.15) is 0 Å². The molecule has 0 saturated carbocycles. The molecule has 1 aromatic carbocycles. The molecule has 1 aliphatic rings. The van der Waals surface area contributed by atoms with Crippen molar-refractivity contribution < 1.29 is 4.74 Å². The lowest BCUT2D eigenvalue weighted by atomic mass is 10.1. The Balaban J connectivity index is 1.50. The molecule has 0 amide bonds. The van der Waals surface area contributed by atoms with Crippen LogP contribution in [0.1, 0.15) is 23.2 Å². The number of fused-ring (bicyclic) bond motifs is 1. The highest BCUT2D eigenvalue weighted by Gasteiger charge is 2.23. The van der Waals surface area contributed by atoms with Gasteiger partial charge in [0.25, 0.3) is 0 Å². The molecule has 3 aromatic rings. The minimum absolute atomic E-state index is 0.0450. The van der Waals surface area contributed by atoms with Crippen molar-refractivity contribution >= 4 is 16.6 Å². The van der Waals surface area contributed by atoms with E-state index in [0.29, 0.717) is 6.61 Å². The zero-order chi connectivity index (χ0) is 17.2. The summed E-state index contributed by atoms with van der Waals surface area (Å²) in [6.45, 7) is 5.15. The lowest BCUT2D eigenvalue weighted by Crippen LogP contribution is -2.38. The molecule has 1 atom stereocenters. The standard InChI is InChI=1S/C20H22N4O/c1-14-10-16(21)11-19(22-14)20-13-24(8-9-25-20)12-17-7-6-15-4-2-3-5-18(15)23-17/h2-7,10-11,20H,8-9,12-13H2,1H3,(H2,21,22)/t20-/m1/s1. The van der Waals surface area contributed by atoms with Crippen LogP contribution in [0.15, 0.2) is 48.5 Å². The van der Waals surface area contributed by atoms with Gasteiger partial charge in [0, 0.05) is 36.4 Å². The second kappa shape index (κ2) is 6.78. The first-order valence-corrected chi connectivity index (χ1v) is 8.60. The Labute approximate surface area is 147 Å². The molecule has 3 heterocycles. The number of morpholine rings is 1. The van der Waals surface area contributed by atoms with Crippen molar-refractivity contribution in [2.45, 2.75) is 19.6 Å². The Morgan fingerprint density at radius 3 is 2.92 bits per heavy atom. The summed E-state index contributed by atoms with van der Waals surface area (Å²) in [6, 6.07) is 16.2. The first kappa shape index (κ1) is 16.0. The number of aryl methyl sites for hydroxylation is 1. The van der Waals surface area contributed by atoms with Gasteiger partial charge in [-0.3, -0.25) is 14.9 Å². The number of pyridine rings is 2. The number of aromatic nitrogens is 2. The number of anilines is 1. The third-order valence-corrected chi connectivity index (χ3v) is 4.52. The molecule has 0 aliphatic carbocycles. The number of nitrogen functional groups attached to an aromatic ring is 1. The van der Waals surface area contributed by atoms with Gasteiger partial charge in [0.2, 0.25) is 0 Å². The summed E-state index contributed by atoms with van der Waals surface area (Å²) in [6.07, 6.45) is -0.0450.